The van der Waals surface area contributed by atoms with Crippen LogP contribution < -0.4 is 10.6 Å². The largest absolute Gasteiger partial charge is 0.395 e. The second-order valence-corrected chi connectivity index (χ2v) is 3.75. The van der Waals surface area contributed by atoms with E-state index in [2.05, 4.69) is 10.6 Å². The summed E-state index contributed by atoms with van der Waals surface area (Å²) >= 11 is 0. The van der Waals surface area contributed by atoms with Gasteiger partial charge >= 0.3 is 0 Å². The SMILES string of the molecule is CC(=O)Nc1ccc(C(O)CNCCO)cc1. The number of aliphatic hydroxyl groups is 2. The predicted molar refractivity (Wildman–Crippen MR) is 65.7 cm³/mol. The van der Waals surface area contributed by atoms with E-state index in [1.165, 1.54) is 6.92 Å². The molecule has 0 bridgehead atoms. The van der Waals surface area contributed by atoms with Crippen molar-refractivity contribution in [3.05, 3.63) is 29.8 Å². The Morgan fingerprint density at radius 3 is 2.53 bits per heavy atom. The molecule has 0 aliphatic carbocycles. The highest BCUT2D eigenvalue weighted by atomic mass is 16.3. The molecule has 4 N–H and O–H groups in total. The number of hydrogen-bond donors (Lipinski definition) is 4. The normalized spacial score (nSPS) is 12.2. The minimum atomic E-state index is -0.618. The maximum atomic E-state index is 10.8. The lowest BCUT2D eigenvalue weighted by atomic mass is 10.1. The van der Waals surface area contributed by atoms with Crippen LogP contribution in [-0.4, -0.2) is 35.8 Å². The van der Waals surface area contributed by atoms with E-state index in [1.54, 1.807) is 24.3 Å². The summed E-state index contributed by atoms with van der Waals surface area (Å²) in [7, 11) is 0. The van der Waals surface area contributed by atoms with Crippen LogP contribution in [0.15, 0.2) is 24.3 Å². The number of benzene rings is 1. The zero-order valence-electron chi connectivity index (χ0n) is 9.81. The van der Waals surface area contributed by atoms with Crippen LogP contribution in [0, 0.1) is 0 Å². The molecular formula is C12H18N2O3. The molecule has 1 unspecified atom stereocenters. The second kappa shape index (κ2) is 7.01. The van der Waals surface area contributed by atoms with Crippen LogP contribution >= 0.6 is 0 Å². The monoisotopic (exact) mass is 238 g/mol. The minimum absolute atomic E-state index is 0.0498. The Bertz CT molecular complexity index is 351. The van der Waals surface area contributed by atoms with Gasteiger partial charge in [-0.15, -0.1) is 0 Å². The number of carbonyl (C=O) groups is 1. The van der Waals surface area contributed by atoms with Crippen LogP contribution in [0.2, 0.25) is 0 Å². The Labute approximate surface area is 100 Å². The van der Waals surface area contributed by atoms with E-state index in [4.69, 9.17) is 5.11 Å². The third-order valence-corrected chi connectivity index (χ3v) is 2.24. The summed E-state index contributed by atoms with van der Waals surface area (Å²) < 4.78 is 0. The minimum Gasteiger partial charge on any atom is -0.395 e. The third-order valence-electron chi connectivity index (χ3n) is 2.24. The number of amides is 1. The first-order valence-corrected chi connectivity index (χ1v) is 5.50. The van der Waals surface area contributed by atoms with Gasteiger partial charge in [0.15, 0.2) is 0 Å². The topological polar surface area (TPSA) is 81.6 Å². The lowest BCUT2D eigenvalue weighted by Gasteiger charge is -2.12. The fraction of sp³-hybridized carbons (Fsp3) is 0.417. The molecule has 5 heteroatoms. The summed E-state index contributed by atoms with van der Waals surface area (Å²) in [5, 5.41) is 23.9. The van der Waals surface area contributed by atoms with E-state index in [0.29, 0.717) is 18.8 Å². The standard InChI is InChI=1S/C12H18N2O3/c1-9(16)14-11-4-2-10(3-5-11)12(17)8-13-6-7-15/h2-5,12-13,15,17H,6-8H2,1H3,(H,14,16). The molecule has 0 radical (unpaired) electrons. The Kier molecular flexibility index (Phi) is 5.62. The summed E-state index contributed by atoms with van der Waals surface area (Å²) in [5.74, 6) is -0.122. The lowest BCUT2D eigenvalue weighted by molar-refractivity contribution is -0.114. The molecule has 1 atom stereocenters. The molecule has 0 heterocycles. The number of rotatable bonds is 6. The average molecular weight is 238 g/mol. The van der Waals surface area contributed by atoms with Crippen LogP contribution in [0.25, 0.3) is 0 Å². The predicted octanol–water partition coefficient (Wildman–Crippen LogP) is 0.260. The molecule has 0 fully saturated rings. The van der Waals surface area contributed by atoms with Crippen LogP contribution in [0.1, 0.15) is 18.6 Å². The van der Waals surface area contributed by atoms with Crippen molar-refractivity contribution in [3.8, 4) is 0 Å². The van der Waals surface area contributed by atoms with E-state index < -0.39 is 6.10 Å². The first-order chi connectivity index (χ1) is 8.13. The molecular weight excluding hydrogens is 220 g/mol. The number of nitrogens with one attached hydrogen (secondary N) is 2. The molecule has 0 aliphatic heterocycles. The maximum Gasteiger partial charge on any atom is 0.221 e. The number of anilines is 1. The molecule has 1 aromatic rings. The Morgan fingerprint density at radius 1 is 1.35 bits per heavy atom. The third kappa shape index (κ3) is 4.95. The second-order valence-electron chi connectivity index (χ2n) is 3.75. The molecule has 0 aliphatic rings. The van der Waals surface area contributed by atoms with Crippen molar-refractivity contribution in [2.45, 2.75) is 13.0 Å². The summed E-state index contributed by atoms with van der Waals surface area (Å²) in [5.41, 5.74) is 1.47. The Morgan fingerprint density at radius 2 is 2.00 bits per heavy atom. The smallest absolute Gasteiger partial charge is 0.221 e. The summed E-state index contributed by atoms with van der Waals surface area (Å²) in [6, 6.07) is 7.01. The van der Waals surface area contributed by atoms with Crippen molar-refractivity contribution < 1.29 is 15.0 Å². The van der Waals surface area contributed by atoms with Gasteiger partial charge in [0, 0.05) is 25.7 Å². The van der Waals surface area contributed by atoms with Gasteiger partial charge in [0.05, 0.1) is 12.7 Å². The van der Waals surface area contributed by atoms with Gasteiger partial charge in [0.25, 0.3) is 0 Å². The van der Waals surface area contributed by atoms with E-state index in [9.17, 15) is 9.90 Å². The highest BCUT2D eigenvalue weighted by Crippen LogP contribution is 2.15. The fourth-order valence-corrected chi connectivity index (χ4v) is 1.43. The van der Waals surface area contributed by atoms with Gasteiger partial charge in [-0.2, -0.15) is 0 Å². The molecule has 0 saturated heterocycles. The molecule has 0 aromatic heterocycles. The van der Waals surface area contributed by atoms with Gasteiger partial charge in [-0.1, -0.05) is 12.1 Å². The van der Waals surface area contributed by atoms with E-state index in [-0.39, 0.29) is 12.5 Å². The number of aliphatic hydroxyl groups excluding tert-OH is 2. The van der Waals surface area contributed by atoms with Crippen LogP contribution in [0.5, 0.6) is 0 Å². The lowest BCUT2D eigenvalue weighted by Crippen LogP contribution is -2.24. The summed E-state index contributed by atoms with van der Waals surface area (Å²) in [4.78, 5) is 10.8. The fourth-order valence-electron chi connectivity index (χ4n) is 1.43. The number of carbonyl (C=O) groups excluding carboxylic acids is 1. The maximum absolute atomic E-state index is 10.8. The molecule has 17 heavy (non-hydrogen) atoms. The number of hydrogen-bond acceptors (Lipinski definition) is 4. The van der Waals surface area contributed by atoms with Gasteiger partial charge in [0.1, 0.15) is 0 Å². The Hall–Kier alpha value is -1.43. The van der Waals surface area contributed by atoms with Crippen molar-refractivity contribution in [3.63, 3.8) is 0 Å². The summed E-state index contributed by atoms with van der Waals surface area (Å²) in [6.45, 7) is 2.34. The highest BCUT2D eigenvalue weighted by molar-refractivity contribution is 5.88. The highest BCUT2D eigenvalue weighted by Gasteiger charge is 2.06. The van der Waals surface area contributed by atoms with Gasteiger partial charge < -0.3 is 20.8 Å². The van der Waals surface area contributed by atoms with Crippen molar-refractivity contribution >= 4 is 11.6 Å². The molecule has 0 saturated carbocycles. The molecule has 94 valence electrons. The molecule has 5 nitrogen and oxygen atoms in total. The van der Waals surface area contributed by atoms with Crippen molar-refractivity contribution in [2.24, 2.45) is 0 Å². The van der Waals surface area contributed by atoms with Gasteiger partial charge in [0.2, 0.25) is 5.91 Å². The molecule has 1 aromatic carbocycles. The van der Waals surface area contributed by atoms with Crippen LogP contribution in [0.3, 0.4) is 0 Å². The zero-order chi connectivity index (χ0) is 12.7. The van der Waals surface area contributed by atoms with Crippen molar-refractivity contribution in [1.29, 1.82) is 0 Å². The molecule has 1 rings (SSSR count). The van der Waals surface area contributed by atoms with Crippen LogP contribution in [0.4, 0.5) is 5.69 Å². The van der Waals surface area contributed by atoms with Crippen LogP contribution in [-0.2, 0) is 4.79 Å². The quantitative estimate of drug-likeness (QED) is 0.536. The van der Waals surface area contributed by atoms with Gasteiger partial charge in [-0.05, 0) is 17.7 Å². The first kappa shape index (κ1) is 13.6. The zero-order valence-corrected chi connectivity index (χ0v) is 9.81. The van der Waals surface area contributed by atoms with Crippen molar-refractivity contribution in [2.75, 3.05) is 25.0 Å². The van der Waals surface area contributed by atoms with Gasteiger partial charge in [-0.3, -0.25) is 4.79 Å². The van der Waals surface area contributed by atoms with E-state index in [0.717, 1.165) is 5.56 Å². The van der Waals surface area contributed by atoms with Crippen molar-refractivity contribution in [1.82, 2.24) is 5.32 Å². The molecule has 0 spiro atoms. The van der Waals surface area contributed by atoms with E-state index >= 15 is 0 Å². The van der Waals surface area contributed by atoms with Gasteiger partial charge in [-0.25, -0.2) is 0 Å². The first-order valence-electron chi connectivity index (χ1n) is 5.50. The Balaban J connectivity index is 2.51. The average Bonchev–Trinajstić information content (AvgIpc) is 2.29. The van der Waals surface area contributed by atoms with E-state index in [1.807, 2.05) is 0 Å². The molecule has 1 amide bonds. The summed E-state index contributed by atoms with van der Waals surface area (Å²) in [6.07, 6.45) is -0.618.